The molecule has 0 N–H and O–H groups in total. The van der Waals surface area contributed by atoms with Crippen LogP contribution in [-0.4, -0.2) is 29.1 Å². The van der Waals surface area contributed by atoms with Crippen LogP contribution in [-0.2, 0) is 9.53 Å². The molecular weight excluding hydrogens is 220 g/mol. The highest BCUT2D eigenvalue weighted by molar-refractivity contribution is 5.79. The Morgan fingerprint density at radius 2 is 2.24 bits per heavy atom. The summed E-state index contributed by atoms with van der Waals surface area (Å²) in [6.45, 7) is 2.85. The van der Waals surface area contributed by atoms with Crippen molar-refractivity contribution >= 4 is 16.9 Å². The summed E-state index contributed by atoms with van der Waals surface area (Å²) in [4.78, 5) is 17.8. The topological polar surface area (TPSA) is 53.4 Å². The maximum atomic E-state index is 11.5. The van der Waals surface area contributed by atoms with Gasteiger partial charge in [-0.3, -0.25) is 0 Å². The van der Waals surface area contributed by atoms with E-state index >= 15 is 0 Å². The maximum Gasteiger partial charge on any atom is 0.337 e. The van der Waals surface area contributed by atoms with Gasteiger partial charge in [-0.15, -0.1) is 5.10 Å². The van der Waals surface area contributed by atoms with Crippen molar-refractivity contribution in [3.63, 3.8) is 0 Å². The van der Waals surface area contributed by atoms with E-state index < -0.39 is 0 Å². The molecule has 0 aliphatic rings. The first-order valence-electron chi connectivity index (χ1n) is 5.53. The van der Waals surface area contributed by atoms with Crippen LogP contribution in [0.5, 0.6) is 0 Å². The molecule has 0 atom stereocenters. The van der Waals surface area contributed by atoms with Crippen LogP contribution >= 0.6 is 0 Å². The van der Waals surface area contributed by atoms with E-state index in [4.69, 9.17) is 9.57 Å². The predicted octanol–water partition coefficient (Wildman–Crippen LogP) is 1.42. The number of para-hydroxylation sites is 1. The lowest BCUT2D eigenvalue weighted by atomic mass is 10.3. The second-order valence-electron chi connectivity index (χ2n) is 3.49. The summed E-state index contributed by atoms with van der Waals surface area (Å²) in [5.74, 6) is -0.354. The molecule has 0 bridgehead atoms. The second-order valence-corrected chi connectivity index (χ2v) is 3.49. The fourth-order valence-corrected chi connectivity index (χ4v) is 1.46. The van der Waals surface area contributed by atoms with Gasteiger partial charge in [-0.05, 0) is 13.0 Å². The first-order valence-corrected chi connectivity index (χ1v) is 5.53. The number of hydrogen-bond acceptors (Lipinski definition) is 4. The van der Waals surface area contributed by atoms with Crippen molar-refractivity contribution in [3.8, 4) is 0 Å². The zero-order valence-corrected chi connectivity index (χ0v) is 9.63. The minimum Gasteiger partial charge on any atom is -0.381 e. The summed E-state index contributed by atoms with van der Waals surface area (Å²) >= 11 is 0. The average Bonchev–Trinajstić information content (AvgIpc) is 2.73. The van der Waals surface area contributed by atoms with Crippen LogP contribution in [0.2, 0.25) is 0 Å². The number of aromatic nitrogens is 2. The average molecular weight is 234 g/mol. The summed E-state index contributed by atoms with van der Waals surface area (Å²) < 4.78 is 5.08. The number of fused-ring (bicyclic) bond motifs is 1. The lowest BCUT2D eigenvalue weighted by Crippen LogP contribution is -2.21. The van der Waals surface area contributed by atoms with Crippen LogP contribution in [0.1, 0.15) is 13.3 Å². The molecule has 0 amide bonds. The number of nitrogens with zero attached hydrogens (tertiary/aromatic N) is 2. The summed E-state index contributed by atoms with van der Waals surface area (Å²) in [6, 6.07) is 7.53. The number of carbonyl (C=O) groups excluding carboxylic acids is 1. The summed E-state index contributed by atoms with van der Waals surface area (Å²) in [5.41, 5.74) is 0.775. The van der Waals surface area contributed by atoms with Gasteiger partial charge < -0.3 is 9.57 Å². The van der Waals surface area contributed by atoms with E-state index in [2.05, 4.69) is 5.10 Å². The summed E-state index contributed by atoms with van der Waals surface area (Å²) in [5, 5.41) is 4.93. The molecule has 2 rings (SSSR count). The molecule has 2 aromatic rings. The molecule has 0 aliphatic heterocycles. The Labute approximate surface area is 98.9 Å². The lowest BCUT2D eigenvalue weighted by molar-refractivity contribution is -0.146. The number of benzene rings is 1. The van der Waals surface area contributed by atoms with Crippen molar-refractivity contribution in [1.29, 1.82) is 0 Å². The van der Waals surface area contributed by atoms with Crippen molar-refractivity contribution in [2.24, 2.45) is 0 Å². The first kappa shape index (κ1) is 11.6. The number of rotatable bonds is 5. The molecule has 0 spiro atoms. The van der Waals surface area contributed by atoms with Crippen LogP contribution in [0.25, 0.3) is 10.9 Å². The Hall–Kier alpha value is -1.88. The van der Waals surface area contributed by atoms with Gasteiger partial charge in [-0.1, -0.05) is 23.0 Å². The molecular formula is C12H14N2O3. The molecule has 1 heterocycles. The standard InChI is InChI=1S/C12H14N2O3/c1-2-16-8-7-12(15)17-14-11-6-4-3-5-10(11)9-13-14/h3-6,9H,2,7-8H2,1H3. The fraction of sp³-hybridized carbons (Fsp3) is 0.333. The zero-order valence-electron chi connectivity index (χ0n) is 9.63. The first-order chi connectivity index (χ1) is 8.31. The molecule has 0 aliphatic carbocycles. The highest BCUT2D eigenvalue weighted by Gasteiger charge is 2.08. The Morgan fingerprint density at radius 1 is 1.41 bits per heavy atom. The van der Waals surface area contributed by atoms with Gasteiger partial charge in [0.05, 0.1) is 19.2 Å². The third-order valence-corrected chi connectivity index (χ3v) is 2.29. The minimum absolute atomic E-state index is 0.224. The highest BCUT2D eigenvalue weighted by Crippen LogP contribution is 2.11. The molecule has 90 valence electrons. The Bertz CT molecular complexity index is 507. The van der Waals surface area contributed by atoms with E-state index in [1.807, 2.05) is 31.2 Å². The van der Waals surface area contributed by atoms with Crippen LogP contribution in [0.4, 0.5) is 0 Å². The van der Waals surface area contributed by atoms with Crippen LogP contribution in [0, 0.1) is 0 Å². The molecule has 0 radical (unpaired) electrons. The normalized spacial score (nSPS) is 10.6. The van der Waals surface area contributed by atoms with Crippen LogP contribution in [0.15, 0.2) is 30.5 Å². The van der Waals surface area contributed by atoms with Crippen molar-refractivity contribution < 1.29 is 14.4 Å². The number of carbonyl (C=O) groups is 1. The van der Waals surface area contributed by atoms with Crippen molar-refractivity contribution in [3.05, 3.63) is 30.5 Å². The fourth-order valence-electron chi connectivity index (χ4n) is 1.46. The molecule has 0 fully saturated rings. The molecule has 1 aromatic carbocycles. The Morgan fingerprint density at radius 3 is 3.06 bits per heavy atom. The third-order valence-electron chi connectivity index (χ3n) is 2.29. The zero-order chi connectivity index (χ0) is 12.1. The minimum atomic E-state index is -0.354. The Balaban J connectivity index is 2.01. The molecule has 5 nitrogen and oxygen atoms in total. The van der Waals surface area contributed by atoms with Crippen LogP contribution in [0.3, 0.4) is 0 Å². The quantitative estimate of drug-likeness (QED) is 0.734. The van der Waals surface area contributed by atoms with Gasteiger partial charge in [-0.25, -0.2) is 4.79 Å². The van der Waals surface area contributed by atoms with E-state index in [0.717, 1.165) is 10.9 Å². The van der Waals surface area contributed by atoms with Gasteiger partial charge in [0.1, 0.15) is 5.52 Å². The van der Waals surface area contributed by atoms with Gasteiger partial charge in [0.2, 0.25) is 0 Å². The molecule has 5 heteroatoms. The number of hydrogen-bond donors (Lipinski definition) is 0. The molecule has 0 saturated heterocycles. The molecule has 1 aromatic heterocycles. The Kier molecular flexibility index (Phi) is 3.72. The lowest BCUT2D eigenvalue weighted by Gasteiger charge is -2.04. The van der Waals surface area contributed by atoms with Gasteiger partial charge in [0.25, 0.3) is 0 Å². The molecule has 17 heavy (non-hydrogen) atoms. The largest absolute Gasteiger partial charge is 0.381 e. The van der Waals surface area contributed by atoms with E-state index in [1.54, 1.807) is 6.20 Å². The SMILES string of the molecule is CCOCCC(=O)On1ncc2ccccc21. The van der Waals surface area contributed by atoms with Gasteiger partial charge in [-0.2, -0.15) is 0 Å². The van der Waals surface area contributed by atoms with Crippen LogP contribution < -0.4 is 4.84 Å². The summed E-state index contributed by atoms with van der Waals surface area (Å²) in [6.07, 6.45) is 1.88. The van der Waals surface area contributed by atoms with Crippen molar-refractivity contribution in [1.82, 2.24) is 9.94 Å². The molecule has 0 unspecified atom stereocenters. The van der Waals surface area contributed by atoms with E-state index in [-0.39, 0.29) is 12.4 Å². The maximum absolute atomic E-state index is 11.5. The predicted molar refractivity (Wildman–Crippen MR) is 62.4 cm³/mol. The molecule has 0 saturated carbocycles. The van der Waals surface area contributed by atoms with E-state index in [1.165, 1.54) is 4.85 Å². The second kappa shape index (κ2) is 5.45. The van der Waals surface area contributed by atoms with E-state index in [0.29, 0.717) is 13.2 Å². The van der Waals surface area contributed by atoms with Gasteiger partial charge in [0.15, 0.2) is 0 Å². The van der Waals surface area contributed by atoms with Gasteiger partial charge in [0, 0.05) is 12.0 Å². The monoisotopic (exact) mass is 234 g/mol. The number of ether oxygens (including phenoxy) is 1. The van der Waals surface area contributed by atoms with Crippen molar-refractivity contribution in [2.45, 2.75) is 13.3 Å². The van der Waals surface area contributed by atoms with Crippen molar-refractivity contribution in [2.75, 3.05) is 13.2 Å². The summed E-state index contributed by atoms with van der Waals surface area (Å²) in [7, 11) is 0. The van der Waals surface area contributed by atoms with Gasteiger partial charge >= 0.3 is 5.97 Å². The smallest absolute Gasteiger partial charge is 0.337 e. The highest BCUT2D eigenvalue weighted by atomic mass is 16.7. The van der Waals surface area contributed by atoms with E-state index in [9.17, 15) is 4.79 Å². The third kappa shape index (κ3) is 2.82.